The van der Waals surface area contributed by atoms with Crippen LogP contribution in [0.3, 0.4) is 0 Å². The zero-order valence-corrected chi connectivity index (χ0v) is 16.5. The summed E-state index contributed by atoms with van der Waals surface area (Å²) in [5.74, 6) is 0.959. The number of fused-ring (bicyclic) bond motifs is 1. The van der Waals surface area contributed by atoms with Crippen LogP contribution in [0, 0.1) is 5.92 Å². The van der Waals surface area contributed by atoms with Gasteiger partial charge in [-0.15, -0.1) is 0 Å². The number of aliphatic hydroxyl groups is 1. The summed E-state index contributed by atoms with van der Waals surface area (Å²) in [6.07, 6.45) is 4.96. The number of benzene rings is 2. The Morgan fingerprint density at radius 1 is 1.11 bits per heavy atom. The van der Waals surface area contributed by atoms with E-state index in [0.717, 1.165) is 42.6 Å². The molecule has 1 aliphatic heterocycles. The van der Waals surface area contributed by atoms with Gasteiger partial charge in [0.1, 0.15) is 5.75 Å². The van der Waals surface area contributed by atoms with Crippen LogP contribution in [0.15, 0.2) is 54.6 Å². The number of likely N-dealkylation sites (tertiary alicyclic amines) is 1. The van der Waals surface area contributed by atoms with Gasteiger partial charge in [0.25, 0.3) is 0 Å². The zero-order valence-electron chi connectivity index (χ0n) is 16.5. The molecule has 4 rings (SSSR count). The maximum Gasteiger partial charge on any atom is 0.227 e. The van der Waals surface area contributed by atoms with Gasteiger partial charge in [0, 0.05) is 18.0 Å². The van der Waals surface area contributed by atoms with Crippen LogP contribution < -0.4 is 4.74 Å². The van der Waals surface area contributed by atoms with Crippen molar-refractivity contribution in [3.63, 3.8) is 0 Å². The molecule has 1 saturated carbocycles. The first-order valence-electron chi connectivity index (χ1n) is 10.3. The Morgan fingerprint density at radius 2 is 1.86 bits per heavy atom. The number of carbonyl (C=O) groups is 1. The Morgan fingerprint density at radius 3 is 2.64 bits per heavy atom. The molecule has 2 aromatic carbocycles. The van der Waals surface area contributed by atoms with Crippen LogP contribution >= 0.6 is 0 Å². The van der Waals surface area contributed by atoms with Crippen molar-refractivity contribution in [2.75, 3.05) is 13.7 Å². The molecule has 0 spiro atoms. The van der Waals surface area contributed by atoms with Crippen molar-refractivity contribution >= 4 is 5.91 Å². The molecule has 2 aliphatic rings. The van der Waals surface area contributed by atoms with Gasteiger partial charge in [0.05, 0.1) is 25.2 Å². The van der Waals surface area contributed by atoms with Gasteiger partial charge < -0.3 is 14.7 Å². The van der Waals surface area contributed by atoms with Gasteiger partial charge in [0.2, 0.25) is 5.91 Å². The van der Waals surface area contributed by atoms with E-state index in [-0.39, 0.29) is 17.9 Å². The van der Waals surface area contributed by atoms with Crippen LogP contribution in [0.4, 0.5) is 0 Å². The summed E-state index contributed by atoms with van der Waals surface area (Å²) < 4.78 is 5.64. The third kappa shape index (κ3) is 3.53. The molecule has 0 bridgehead atoms. The van der Waals surface area contributed by atoms with Crippen molar-refractivity contribution in [3.05, 3.63) is 65.7 Å². The lowest BCUT2D eigenvalue weighted by Gasteiger charge is -2.52. The average molecular weight is 380 g/mol. The monoisotopic (exact) mass is 379 g/mol. The lowest BCUT2D eigenvalue weighted by Crippen LogP contribution is -2.56. The zero-order chi connectivity index (χ0) is 19.6. The predicted molar refractivity (Wildman–Crippen MR) is 109 cm³/mol. The summed E-state index contributed by atoms with van der Waals surface area (Å²) in [5.41, 5.74) is 1.35. The van der Waals surface area contributed by atoms with Gasteiger partial charge in [-0.05, 0) is 30.9 Å². The molecule has 1 heterocycles. The minimum atomic E-state index is -0.687. The number of hydrogen-bond acceptors (Lipinski definition) is 3. The number of ether oxygens (including phenoxy) is 1. The molecule has 3 atom stereocenters. The third-order valence-electron chi connectivity index (χ3n) is 6.54. The molecule has 1 aliphatic carbocycles. The number of rotatable bonds is 4. The van der Waals surface area contributed by atoms with Gasteiger partial charge in [-0.1, -0.05) is 61.4 Å². The summed E-state index contributed by atoms with van der Waals surface area (Å²) in [7, 11) is 1.67. The van der Waals surface area contributed by atoms with E-state index in [1.807, 2.05) is 59.5 Å². The standard InChI is InChI=1S/C24H29NO3/c1-28-21-13-6-5-11-19(21)23-20-12-7-8-14-24(20,27)15-16-25(23)22(26)17-18-9-3-2-4-10-18/h2-6,9-11,13,20,23,27H,7-8,12,14-17H2,1H3. The molecular formula is C24H29NO3. The van der Waals surface area contributed by atoms with Crippen molar-refractivity contribution in [2.45, 2.75) is 50.2 Å². The van der Waals surface area contributed by atoms with Crippen LogP contribution in [0.1, 0.15) is 49.3 Å². The van der Waals surface area contributed by atoms with Crippen LogP contribution in [0.25, 0.3) is 0 Å². The number of carbonyl (C=O) groups excluding carboxylic acids is 1. The second-order valence-corrected chi connectivity index (χ2v) is 8.14. The van der Waals surface area contributed by atoms with Gasteiger partial charge >= 0.3 is 0 Å². The van der Waals surface area contributed by atoms with Crippen molar-refractivity contribution in [3.8, 4) is 5.75 Å². The molecule has 2 aromatic rings. The fourth-order valence-corrected chi connectivity index (χ4v) is 5.13. The van der Waals surface area contributed by atoms with Crippen LogP contribution in [0.2, 0.25) is 0 Å². The van der Waals surface area contributed by atoms with Crippen molar-refractivity contribution in [2.24, 2.45) is 5.92 Å². The number of para-hydroxylation sites is 1. The van der Waals surface area contributed by atoms with Gasteiger partial charge in [-0.2, -0.15) is 0 Å². The molecule has 4 heteroatoms. The number of piperidine rings is 1. The summed E-state index contributed by atoms with van der Waals surface area (Å²) >= 11 is 0. The highest BCUT2D eigenvalue weighted by Crippen LogP contribution is 2.50. The maximum absolute atomic E-state index is 13.3. The molecule has 0 aromatic heterocycles. The number of nitrogens with zero attached hydrogens (tertiary/aromatic N) is 1. The molecule has 148 valence electrons. The van der Waals surface area contributed by atoms with E-state index in [1.165, 1.54) is 0 Å². The summed E-state index contributed by atoms with van der Waals surface area (Å²) in [6.45, 7) is 0.585. The largest absolute Gasteiger partial charge is 0.496 e. The molecule has 1 saturated heterocycles. The molecule has 4 nitrogen and oxygen atoms in total. The van der Waals surface area contributed by atoms with Crippen LogP contribution in [-0.4, -0.2) is 35.2 Å². The first kappa shape index (κ1) is 19.0. The summed E-state index contributed by atoms with van der Waals surface area (Å²) in [5, 5.41) is 11.4. The highest BCUT2D eigenvalue weighted by atomic mass is 16.5. The van der Waals surface area contributed by atoms with Crippen LogP contribution in [0.5, 0.6) is 5.75 Å². The predicted octanol–water partition coefficient (Wildman–Crippen LogP) is 4.13. The Labute approximate surface area is 167 Å². The first-order chi connectivity index (χ1) is 13.6. The molecule has 2 fully saturated rings. The summed E-state index contributed by atoms with van der Waals surface area (Å²) in [4.78, 5) is 15.3. The van der Waals surface area contributed by atoms with Crippen molar-refractivity contribution in [1.29, 1.82) is 0 Å². The van der Waals surface area contributed by atoms with E-state index in [9.17, 15) is 9.90 Å². The van der Waals surface area contributed by atoms with E-state index in [4.69, 9.17) is 4.74 Å². The van der Waals surface area contributed by atoms with Gasteiger partial charge in [0.15, 0.2) is 0 Å². The van der Waals surface area contributed by atoms with E-state index >= 15 is 0 Å². The van der Waals surface area contributed by atoms with Crippen molar-refractivity contribution in [1.82, 2.24) is 4.90 Å². The van der Waals surface area contributed by atoms with Crippen molar-refractivity contribution < 1.29 is 14.6 Å². The number of hydrogen-bond donors (Lipinski definition) is 1. The molecule has 3 unspecified atom stereocenters. The fourth-order valence-electron chi connectivity index (χ4n) is 5.13. The quantitative estimate of drug-likeness (QED) is 0.869. The Balaban J connectivity index is 1.70. The first-order valence-corrected chi connectivity index (χ1v) is 10.3. The third-order valence-corrected chi connectivity index (χ3v) is 6.54. The normalized spacial score (nSPS) is 27.1. The van der Waals surface area contributed by atoms with Gasteiger partial charge in [-0.3, -0.25) is 4.79 Å². The molecule has 0 radical (unpaired) electrons. The molecular weight excluding hydrogens is 350 g/mol. The maximum atomic E-state index is 13.3. The highest BCUT2D eigenvalue weighted by Gasteiger charge is 2.50. The Hall–Kier alpha value is -2.33. The van der Waals surface area contributed by atoms with Gasteiger partial charge in [-0.25, -0.2) is 0 Å². The summed E-state index contributed by atoms with van der Waals surface area (Å²) in [6, 6.07) is 17.7. The average Bonchev–Trinajstić information content (AvgIpc) is 2.73. The van der Waals surface area contributed by atoms with E-state index in [1.54, 1.807) is 7.11 Å². The van der Waals surface area contributed by atoms with E-state index in [0.29, 0.717) is 19.4 Å². The Bertz CT molecular complexity index is 822. The molecule has 1 amide bonds. The Kier molecular flexibility index (Phi) is 5.40. The fraction of sp³-hybridized carbons (Fsp3) is 0.458. The highest BCUT2D eigenvalue weighted by molar-refractivity contribution is 5.79. The lowest BCUT2D eigenvalue weighted by molar-refractivity contribution is -0.154. The van der Waals surface area contributed by atoms with E-state index < -0.39 is 5.60 Å². The SMILES string of the molecule is COc1ccccc1C1C2CCCCC2(O)CCN1C(=O)Cc1ccccc1. The van der Waals surface area contributed by atoms with E-state index in [2.05, 4.69) is 0 Å². The minimum absolute atomic E-state index is 0.0472. The van der Waals surface area contributed by atoms with Crippen LogP contribution in [-0.2, 0) is 11.2 Å². The molecule has 28 heavy (non-hydrogen) atoms. The lowest BCUT2D eigenvalue weighted by atomic mass is 9.66. The number of amides is 1. The minimum Gasteiger partial charge on any atom is -0.496 e. The number of methoxy groups -OCH3 is 1. The second kappa shape index (κ2) is 7.96. The molecule has 1 N–H and O–H groups in total. The topological polar surface area (TPSA) is 49.8 Å². The second-order valence-electron chi connectivity index (χ2n) is 8.14. The smallest absolute Gasteiger partial charge is 0.227 e.